The number of nitrogens with one attached hydrogen (secondary N) is 2. The fourth-order valence-corrected chi connectivity index (χ4v) is 4.78. The summed E-state index contributed by atoms with van der Waals surface area (Å²) in [6.07, 6.45) is 6.32. The summed E-state index contributed by atoms with van der Waals surface area (Å²) in [5.41, 5.74) is 1.53. The van der Waals surface area contributed by atoms with Crippen LogP contribution in [0.4, 0.5) is 17.5 Å². The highest BCUT2D eigenvalue weighted by atomic mass is 35.5. The van der Waals surface area contributed by atoms with Crippen molar-refractivity contribution in [1.29, 1.82) is 5.26 Å². The molecule has 2 N–H and O–H groups in total. The van der Waals surface area contributed by atoms with Gasteiger partial charge in [0.2, 0.25) is 5.95 Å². The van der Waals surface area contributed by atoms with E-state index in [0.717, 1.165) is 18.5 Å². The summed E-state index contributed by atoms with van der Waals surface area (Å²) in [5.74, 6) is 1.11. The number of halogens is 1. The zero-order chi connectivity index (χ0) is 19.7. The Balaban J connectivity index is 1.50. The van der Waals surface area contributed by atoms with Gasteiger partial charge >= 0.3 is 0 Å². The molecule has 0 aliphatic carbocycles. The first-order valence-corrected chi connectivity index (χ1v) is 10.2. The van der Waals surface area contributed by atoms with Crippen molar-refractivity contribution in [1.82, 2.24) is 14.9 Å². The van der Waals surface area contributed by atoms with Crippen molar-refractivity contribution in [2.45, 2.75) is 57.2 Å². The van der Waals surface area contributed by atoms with Gasteiger partial charge in [0.1, 0.15) is 5.02 Å². The number of fused-ring (bicyclic) bond motifs is 1. The Hall–Kier alpha value is -2.36. The molecule has 7 heteroatoms. The molecule has 2 saturated heterocycles. The minimum absolute atomic E-state index is 0.176. The molecule has 2 fully saturated rings. The highest BCUT2D eigenvalue weighted by Crippen LogP contribution is 2.39. The van der Waals surface area contributed by atoms with E-state index in [9.17, 15) is 0 Å². The Morgan fingerprint density at radius 2 is 2.21 bits per heavy atom. The van der Waals surface area contributed by atoms with E-state index >= 15 is 0 Å². The number of nitrogens with zero attached hydrogens (tertiary/aromatic N) is 4. The summed E-state index contributed by atoms with van der Waals surface area (Å²) in [5, 5.41) is 16.3. The maximum absolute atomic E-state index is 9.06. The molecular formula is C21H25ClN6. The van der Waals surface area contributed by atoms with Gasteiger partial charge in [-0.25, -0.2) is 4.98 Å². The molecule has 2 aliphatic heterocycles. The number of hydrogen-bond acceptors (Lipinski definition) is 6. The smallest absolute Gasteiger partial charge is 0.229 e. The fourth-order valence-electron chi connectivity index (χ4n) is 4.64. The second-order valence-electron chi connectivity index (χ2n) is 8.29. The summed E-state index contributed by atoms with van der Waals surface area (Å²) < 4.78 is 0. The summed E-state index contributed by atoms with van der Waals surface area (Å²) in [6.45, 7) is 5.86. The summed E-state index contributed by atoms with van der Waals surface area (Å²) in [6, 6.07) is 10.3. The molecule has 0 saturated carbocycles. The lowest BCUT2D eigenvalue weighted by molar-refractivity contribution is 0.0501. The molecular weight excluding hydrogens is 372 g/mol. The molecule has 4 rings (SSSR count). The molecule has 1 aromatic carbocycles. The van der Waals surface area contributed by atoms with Crippen LogP contribution in [0.25, 0.3) is 0 Å². The number of anilines is 3. The Labute approximate surface area is 170 Å². The third-order valence-electron chi connectivity index (χ3n) is 5.79. The molecule has 0 spiro atoms. The topological polar surface area (TPSA) is 76.9 Å². The van der Waals surface area contributed by atoms with E-state index < -0.39 is 0 Å². The Morgan fingerprint density at radius 1 is 1.36 bits per heavy atom. The van der Waals surface area contributed by atoms with Crippen molar-refractivity contribution < 1.29 is 0 Å². The molecule has 28 heavy (non-hydrogen) atoms. The largest absolute Gasteiger partial charge is 0.366 e. The van der Waals surface area contributed by atoms with Crippen LogP contribution < -0.4 is 10.6 Å². The van der Waals surface area contributed by atoms with Crippen molar-refractivity contribution in [2.75, 3.05) is 17.2 Å². The van der Waals surface area contributed by atoms with Crippen molar-refractivity contribution >= 4 is 29.1 Å². The van der Waals surface area contributed by atoms with Gasteiger partial charge in [0.15, 0.2) is 5.82 Å². The molecule has 3 heterocycles. The normalized spacial score (nSPS) is 23.6. The van der Waals surface area contributed by atoms with Gasteiger partial charge in [-0.05, 0) is 64.3 Å². The highest BCUT2D eigenvalue weighted by molar-refractivity contribution is 6.32. The fraction of sp³-hybridized carbons (Fsp3) is 0.476. The van der Waals surface area contributed by atoms with E-state index in [0.29, 0.717) is 34.4 Å². The first kappa shape index (κ1) is 19.0. The van der Waals surface area contributed by atoms with Crippen LogP contribution in [-0.2, 0) is 0 Å². The monoisotopic (exact) mass is 396 g/mol. The average Bonchev–Trinajstić information content (AvgIpc) is 3.14. The summed E-state index contributed by atoms with van der Waals surface area (Å²) in [4.78, 5) is 11.5. The quantitative estimate of drug-likeness (QED) is 0.788. The van der Waals surface area contributed by atoms with Crippen molar-refractivity contribution in [3.05, 3.63) is 41.0 Å². The molecule has 0 amide bonds. The maximum Gasteiger partial charge on any atom is 0.229 e. The van der Waals surface area contributed by atoms with Gasteiger partial charge in [0, 0.05) is 23.3 Å². The molecule has 2 atom stereocenters. The van der Waals surface area contributed by atoms with E-state index in [1.54, 1.807) is 18.3 Å². The predicted octanol–water partition coefficient (Wildman–Crippen LogP) is 4.56. The number of aromatic nitrogens is 2. The minimum atomic E-state index is 0.176. The van der Waals surface area contributed by atoms with Gasteiger partial charge in [-0.15, -0.1) is 0 Å². The number of rotatable bonds is 4. The van der Waals surface area contributed by atoms with E-state index in [1.165, 1.54) is 19.4 Å². The standard InChI is InChI=1S/C21H25ClN6/c1-21(2)11-16(10-17-7-4-8-28(17)21)25-19-18(22)13-24-20(27-19)26-15-6-3-5-14(9-15)12-23/h3,5-6,9,13,16-17H,4,7-8,10-11H2,1-2H3,(H2,24,25,26,27)/t16-,17-/m1/s1. The number of piperidine rings is 1. The first-order valence-electron chi connectivity index (χ1n) is 9.77. The Kier molecular flexibility index (Phi) is 5.13. The van der Waals surface area contributed by atoms with Gasteiger partial charge < -0.3 is 10.6 Å². The lowest BCUT2D eigenvalue weighted by Gasteiger charge is -2.47. The number of nitriles is 1. The van der Waals surface area contributed by atoms with Crippen LogP contribution in [0.5, 0.6) is 0 Å². The van der Waals surface area contributed by atoms with Crippen LogP contribution in [-0.4, -0.2) is 39.0 Å². The molecule has 6 nitrogen and oxygen atoms in total. The van der Waals surface area contributed by atoms with Gasteiger partial charge in [-0.2, -0.15) is 10.2 Å². The minimum Gasteiger partial charge on any atom is -0.366 e. The van der Waals surface area contributed by atoms with E-state index in [-0.39, 0.29) is 5.54 Å². The SMILES string of the molecule is CC1(C)C[C@H](Nc2nc(Nc3cccc(C#N)c3)ncc2Cl)C[C@H]2CCCN21. The van der Waals surface area contributed by atoms with Gasteiger partial charge in [-0.1, -0.05) is 17.7 Å². The molecule has 0 bridgehead atoms. The van der Waals surface area contributed by atoms with Gasteiger partial charge in [-0.3, -0.25) is 4.90 Å². The third-order valence-corrected chi connectivity index (χ3v) is 6.07. The van der Waals surface area contributed by atoms with Crippen molar-refractivity contribution in [2.24, 2.45) is 0 Å². The summed E-state index contributed by atoms with van der Waals surface area (Å²) in [7, 11) is 0. The predicted molar refractivity (Wildman–Crippen MR) is 112 cm³/mol. The van der Waals surface area contributed by atoms with Crippen LogP contribution in [0.3, 0.4) is 0 Å². The lowest BCUT2D eigenvalue weighted by Crippen LogP contribution is -2.55. The maximum atomic E-state index is 9.06. The van der Waals surface area contributed by atoms with E-state index in [2.05, 4.69) is 45.4 Å². The van der Waals surface area contributed by atoms with Crippen molar-refractivity contribution in [3.63, 3.8) is 0 Å². The molecule has 0 unspecified atom stereocenters. The van der Waals surface area contributed by atoms with Crippen LogP contribution in [0.1, 0.15) is 45.1 Å². The second-order valence-corrected chi connectivity index (χ2v) is 8.70. The summed E-state index contributed by atoms with van der Waals surface area (Å²) >= 11 is 6.38. The van der Waals surface area contributed by atoms with E-state index in [4.69, 9.17) is 16.9 Å². The zero-order valence-corrected chi connectivity index (χ0v) is 17.0. The average molecular weight is 397 g/mol. The molecule has 2 aliphatic rings. The third kappa shape index (κ3) is 3.91. The molecule has 146 valence electrons. The van der Waals surface area contributed by atoms with Crippen molar-refractivity contribution in [3.8, 4) is 6.07 Å². The van der Waals surface area contributed by atoms with E-state index in [1.807, 2.05) is 12.1 Å². The molecule has 2 aromatic rings. The molecule has 0 radical (unpaired) electrons. The highest BCUT2D eigenvalue weighted by Gasteiger charge is 2.42. The second kappa shape index (κ2) is 7.57. The van der Waals surface area contributed by atoms with Gasteiger partial charge in [0.25, 0.3) is 0 Å². The van der Waals surface area contributed by atoms with Gasteiger partial charge in [0.05, 0.1) is 17.8 Å². The lowest BCUT2D eigenvalue weighted by atomic mass is 9.84. The Morgan fingerprint density at radius 3 is 3.04 bits per heavy atom. The molecule has 1 aromatic heterocycles. The number of benzene rings is 1. The van der Waals surface area contributed by atoms with Crippen LogP contribution in [0.2, 0.25) is 5.02 Å². The first-order chi connectivity index (χ1) is 13.4. The van der Waals surface area contributed by atoms with Crippen LogP contribution >= 0.6 is 11.6 Å². The number of hydrogen-bond donors (Lipinski definition) is 2. The van der Waals surface area contributed by atoms with Crippen LogP contribution in [0, 0.1) is 11.3 Å². The van der Waals surface area contributed by atoms with Crippen LogP contribution in [0.15, 0.2) is 30.5 Å². The Bertz CT molecular complexity index is 906. The zero-order valence-electron chi connectivity index (χ0n) is 16.2.